The van der Waals surface area contributed by atoms with Gasteiger partial charge in [-0.15, -0.1) is 0 Å². The second-order valence-corrected chi connectivity index (χ2v) is 9.85. The van der Waals surface area contributed by atoms with Crippen LogP contribution in [0.25, 0.3) is 11.0 Å². The van der Waals surface area contributed by atoms with E-state index in [1.807, 2.05) is 0 Å². The molecule has 0 radical (unpaired) electrons. The number of likely N-dealkylation sites (N-methyl/N-ethyl adjacent to an activating group) is 1. The molecule has 1 fully saturated rings. The van der Waals surface area contributed by atoms with Gasteiger partial charge in [0.25, 0.3) is 5.56 Å². The van der Waals surface area contributed by atoms with Crippen molar-refractivity contribution >= 4 is 34.6 Å². The van der Waals surface area contributed by atoms with Crippen molar-refractivity contribution < 1.29 is 23.9 Å². The van der Waals surface area contributed by atoms with Crippen molar-refractivity contribution in [3.8, 4) is 0 Å². The van der Waals surface area contributed by atoms with Gasteiger partial charge in [-0.25, -0.2) is 9.18 Å². The van der Waals surface area contributed by atoms with Gasteiger partial charge in [-0.2, -0.15) is 0 Å². The maximum absolute atomic E-state index is 14.5. The maximum Gasteiger partial charge on any atom is 0.405 e. The fourth-order valence-corrected chi connectivity index (χ4v) is 4.22. The van der Waals surface area contributed by atoms with Gasteiger partial charge in [-0.05, 0) is 62.3 Å². The highest BCUT2D eigenvalue weighted by Gasteiger charge is 2.25. The van der Waals surface area contributed by atoms with Gasteiger partial charge in [-0.1, -0.05) is 6.08 Å². The van der Waals surface area contributed by atoms with E-state index < -0.39 is 23.6 Å². The van der Waals surface area contributed by atoms with Crippen LogP contribution in [0.15, 0.2) is 47.5 Å². The molecule has 0 bridgehead atoms. The highest BCUT2D eigenvalue weighted by molar-refractivity contribution is 5.96. The molecule has 1 atom stereocenters. The Labute approximate surface area is 223 Å². The molecule has 39 heavy (non-hydrogen) atoms. The third-order valence-electron chi connectivity index (χ3n) is 6.51. The largest absolute Gasteiger partial charge is 0.465 e. The number of pyridine rings is 2. The Kier molecular flexibility index (Phi) is 8.43. The van der Waals surface area contributed by atoms with Crippen LogP contribution >= 0.6 is 0 Å². The van der Waals surface area contributed by atoms with Gasteiger partial charge in [0.05, 0.1) is 23.8 Å². The number of fused-ring (bicyclic) bond motifs is 1. The summed E-state index contributed by atoms with van der Waals surface area (Å²) in [6.07, 6.45) is 7.43. The Balaban J connectivity index is 1.47. The van der Waals surface area contributed by atoms with Crippen LogP contribution in [0.3, 0.4) is 0 Å². The Morgan fingerprint density at radius 2 is 2.10 bits per heavy atom. The SMILES string of the molecule is CN(C)C(=O)/C=C/CC[C@H](NC(=O)O)C(=O)Nc1cccn(Cc2cc3ncc(F)c(CC4CC4)c3[nH]2)c1=O. The van der Waals surface area contributed by atoms with E-state index in [9.17, 15) is 23.6 Å². The number of carboxylic acid groups (broad SMARTS) is 1. The van der Waals surface area contributed by atoms with E-state index in [-0.39, 0.29) is 36.8 Å². The highest BCUT2D eigenvalue weighted by atomic mass is 19.1. The van der Waals surface area contributed by atoms with Crippen molar-refractivity contribution in [2.45, 2.75) is 44.7 Å². The molecule has 0 aliphatic heterocycles. The maximum atomic E-state index is 14.5. The molecule has 1 saturated carbocycles. The van der Waals surface area contributed by atoms with Crippen LogP contribution in [0.2, 0.25) is 0 Å². The summed E-state index contributed by atoms with van der Waals surface area (Å²) in [5, 5.41) is 13.8. The fraction of sp³-hybridized carbons (Fsp3) is 0.370. The summed E-state index contributed by atoms with van der Waals surface area (Å²) in [6.45, 7) is 0.130. The lowest BCUT2D eigenvalue weighted by Crippen LogP contribution is -2.44. The number of allylic oxidation sites excluding steroid dienone is 1. The second-order valence-electron chi connectivity index (χ2n) is 9.85. The number of nitrogens with one attached hydrogen (secondary N) is 3. The standard InChI is InChI=1S/C27H31FN6O5/c1-33(2)23(35)8-4-3-6-20(32-27(38)39)25(36)31-21-7-5-11-34(26(21)37)15-17-13-22-24(30-17)18(12-16-9-10-16)19(28)14-29-22/h4-5,7-8,11,13-14,16,20,30,32H,3,6,9-10,12,15H2,1-2H3,(H,31,36)(H,38,39)/b8-4+/t20-/m0/s1. The number of aromatic nitrogens is 3. The van der Waals surface area contributed by atoms with Crippen LogP contribution in [-0.4, -0.2) is 62.6 Å². The zero-order chi connectivity index (χ0) is 28.1. The Morgan fingerprint density at radius 3 is 2.79 bits per heavy atom. The van der Waals surface area contributed by atoms with E-state index in [1.54, 1.807) is 38.5 Å². The van der Waals surface area contributed by atoms with Crippen molar-refractivity contribution in [2.24, 2.45) is 5.92 Å². The van der Waals surface area contributed by atoms with E-state index in [0.29, 0.717) is 34.6 Å². The number of hydrogen-bond acceptors (Lipinski definition) is 5. The first-order valence-corrected chi connectivity index (χ1v) is 12.6. The summed E-state index contributed by atoms with van der Waals surface area (Å²) in [5.41, 5.74) is 1.97. The van der Waals surface area contributed by atoms with E-state index in [0.717, 1.165) is 12.8 Å². The number of aromatic amines is 1. The number of carbonyl (C=O) groups excluding carboxylic acids is 2. The monoisotopic (exact) mass is 538 g/mol. The molecule has 4 rings (SSSR count). The van der Waals surface area contributed by atoms with Gasteiger partial charge >= 0.3 is 6.09 Å². The lowest BCUT2D eigenvalue weighted by atomic mass is 10.1. The first-order valence-electron chi connectivity index (χ1n) is 12.6. The van der Waals surface area contributed by atoms with Crippen LogP contribution in [0.5, 0.6) is 0 Å². The molecular weight excluding hydrogens is 507 g/mol. The minimum atomic E-state index is -1.39. The van der Waals surface area contributed by atoms with Gasteiger partial charge in [-0.3, -0.25) is 19.4 Å². The van der Waals surface area contributed by atoms with E-state index >= 15 is 0 Å². The Hall–Kier alpha value is -4.48. The van der Waals surface area contributed by atoms with E-state index in [1.165, 1.54) is 27.8 Å². The molecule has 0 saturated heterocycles. The first-order chi connectivity index (χ1) is 18.6. The predicted octanol–water partition coefficient (Wildman–Crippen LogP) is 2.86. The first kappa shape index (κ1) is 27.6. The summed E-state index contributed by atoms with van der Waals surface area (Å²) in [7, 11) is 3.20. The molecule has 0 unspecified atom stereocenters. The molecule has 1 aliphatic rings. The van der Waals surface area contributed by atoms with E-state index in [4.69, 9.17) is 5.11 Å². The number of rotatable bonds is 11. The van der Waals surface area contributed by atoms with Crippen LogP contribution in [0.4, 0.5) is 14.9 Å². The molecule has 3 heterocycles. The van der Waals surface area contributed by atoms with Crippen molar-refractivity contribution in [2.75, 3.05) is 19.4 Å². The number of anilines is 1. The van der Waals surface area contributed by atoms with Crippen molar-refractivity contribution in [1.82, 2.24) is 24.8 Å². The lowest BCUT2D eigenvalue weighted by Gasteiger charge is -2.16. The minimum absolute atomic E-state index is 0.0206. The number of nitrogens with zero attached hydrogens (tertiary/aromatic N) is 3. The molecule has 3 aromatic heterocycles. The molecule has 4 N–H and O–H groups in total. The molecule has 3 amide bonds. The fourth-order valence-electron chi connectivity index (χ4n) is 4.22. The van der Waals surface area contributed by atoms with Crippen LogP contribution < -0.4 is 16.2 Å². The number of H-pyrrole nitrogens is 1. The molecule has 206 valence electrons. The second kappa shape index (κ2) is 11.9. The highest BCUT2D eigenvalue weighted by Crippen LogP contribution is 2.35. The smallest absolute Gasteiger partial charge is 0.405 e. The molecule has 1 aliphatic carbocycles. The predicted molar refractivity (Wildman–Crippen MR) is 143 cm³/mol. The summed E-state index contributed by atoms with van der Waals surface area (Å²) in [6, 6.07) is 3.64. The Morgan fingerprint density at radius 1 is 1.33 bits per heavy atom. The lowest BCUT2D eigenvalue weighted by molar-refractivity contribution is -0.123. The van der Waals surface area contributed by atoms with Crippen LogP contribution in [-0.2, 0) is 22.6 Å². The Bertz CT molecular complexity index is 1470. The number of amides is 3. The van der Waals surface area contributed by atoms with Crippen molar-refractivity contribution in [1.29, 1.82) is 0 Å². The topological polar surface area (TPSA) is 149 Å². The summed E-state index contributed by atoms with van der Waals surface area (Å²) >= 11 is 0. The molecule has 3 aromatic rings. The van der Waals surface area contributed by atoms with Crippen molar-refractivity contribution in [3.63, 3.8) is 0 Å². The third kappa shape index (κ3) is 7.09. The number of hydrogen-bond donors (Lipinski definition) is 4. The van der Waals surface area contributed by atoms with Gasteiger partial charge in [0.15, 0.2) is 0 Å². The zero-order valence-electron chi connectivity index (χ0n) is 21.7. The van der Waals surface area contributed by atoms with E-state index in [2.05, 4.69) is 20.6 Å². The normalized spacial score (nSPS) is 13.9. The zero-order valence-corrected chi connectivity index (χ0v) is 21.7. The quantitative estimate of drug-likeness (QED) is 0.276. The van der Waals surface area contributed by atoms with Gasteiger partial charge in [0, 0.05) is 31.5 Å². The minimum Gasteiger partial charge on any atom is -0.465 e. The average Bonchev–Trinajstić information content (AvgIpc) is 3.61. The van der Waals surface area contributed by atoms with Crippen LogP contribution in [0, 0.1) is 11.7 Å². The molecule has 12 heteroatoms. The average molecular weight is 539 g/mol. The molecular formula is C27H31FN6O5. The molecule has 0 spiro atoms. The van der Waals surface area contributed by atoms with Gasteiger partial charge in [0.2, 0.25) is 11.8 Å². The summed E-state index contributed by atoms with van der Waals surface area (Å²) in [5.74, 6) is -0.804. The van der Waals surface area contributed by atoms with Gasteiger partial charge < -0.3 is 30.2 Å². The third-order valence-corrected chi connectivity index (χ3v) is 6.51. The number of halogens is 1. The van der Waals surface area contributed by atoms with Crippen molar-refractivity contribution in [3.05, 3.63) is 70.2 Å². The summed E-state index contributed by atoms with van der Waals surface area (Å²) in [4.78, 5) is 57.6. The number of carbonyl (C=O) groups is 3. The molecule has 11 nitrogen and oxygen atoms in total. The van der Waals surface area contributed by atoms with Gasteiger partial charge in [0.1, 0.15) is 17.5 Å². The molecule has 0 aromatic carbocycles. The van der Waals surface area contributed by atoms with Crippen LogP contribution in [0.1, 0.15) is 36.9 Å². The summed E-state index contributed by atoms with van der Waals surface area (Å²) < 4.78 is 15.8.